The highest BCUT2D eigenvalue weighted by atomic mass is 16.5. The Morgan fingerprint density at radius 1 is 1.17 bits per heavy atom. The summed E-state index contributed by atoms with van der Waals surface area (Å²) >= 11 is 0. The van der Waals surface area contributed by atoms with E-state index in [1.807, 2.05) is 60.7 Å². The lowest BCUT2D eigenvalue weighted by molar-refractivity contribution is -0.129. The fourth-order valence-electron chi connectivity index (χ4n) is 2.80. The van der Waals surface area contributed by atoms with E-state index in [1.54, 1.807) is 0 Å². The summed E-state index contributed by atoms with van der Waals surface area (Å²) < 4.78 is 4.54. The molecule has 1 aliphatic heterocycles. The third-order valence-corrected chi connectivity index (χ3v) is 4.23. The molecule has 1 saturated heterocycles. The average molecular weight is 328 g/mol. The van der Waals surface area contributed by atoms with E-state index in [1.165, 1.54) is 0 Å². The van der Waals surface area contributed by atoms with E-state index >= 15 is 0 Å². The van der Waals surface area contributed by atoms with Crippen LogP contribution in [-0.4, -0.2) is 31.3 Å². The molecule has 2 unspecified atom stereocenters. The van der Waals surface area contributed by atoms with Crippen molar-refractivity contribution in [3.63, 3.8) is 0 Å². The lowest BCUT2D eigenvalue weighted by Gasteiger charge is -2.29. The van der Waals surface area contributed by atoms with Crippen molar-refractivity contribution in [1.29, 1.82) is 0 Å². The van der Waals surface area contributed by atoms with Gasteiger partial charge in [0.25, 0.3) is 6.47 Å². The second-order valence-corrected chi connectivity index (χ2v) is 5.81. The van der Waals surface area contributed by atoms with Gasteiger partial charge in [-0.1, -0.05) is 60.7 Å². The zero-order chi connectivity index (χ0) is 17.3. The van der Waals surface area contributed by atoms with Crippen LogP contribution in [0.3, 0.4) is 0 Å². The van der Waals surface area contributed by atoms with Crippen molar-refractivity contribution < 1.29 is 14.6 Å². The van der Waals surface area contributed by atoms with Crippen LogP contribution in [-0.2, 0) is 21.7 Å². The minimum absolute atomic E-state index is 0.116. The molecule has 3 rings (SSSR count). The first kappa shape index (κ1) is 18.1. The molecule has 1 heterocycles. The maximum Gasteiger partial charge on any atom is 0.293 e. The fraction of sp³-hybridized carbons (Fsp3) is 0.316. The molecule has 2 aromatic rings. The quantitative estimate of drug-likeness (QED) is 0.723. The van der Waals surface area contributed by atoms with Gasteiger partial charge in [0.2, 0.25) is 0 Å². The Labute approximate surface area is 142 Å². The number of aliphatic hydroxyl groups excluding tert-OH is 1. The molecule has 5 nitrogen and oxygen atoms in total. The second kappa shape index (κ2) is 9.17. The molecule has 128 valence electrons. The minimum Gasteiger partial charge on any atom is -0.463 e. The molecule has 1 aliphatic rings. The van der Waals surface area contributed by atoms with Gasteiger partial charge in [0.1, 0.15) is 6.61 Å². The molecule has 0 aromatic heterocycles. The average Bonchev–Trinajstić information content (AvgIpc) is 3.04. The van der Waals surface area contributed by atoms with Crippen LogP contribution >= 0.6 is 0 Å². The highest BCUT2D eigenvalue weighted by Crippen LogP contribution is 2.29. The van der Waals surface area contributed by atoms with Crippen molar-refractivity contribution in [1.82, 2.24) is 5.32 Å². The molecule has 1 fully saturated rings. The smallest absolute Gasteiger partial charge is 0.293 e. The summed E-state index contributed by atoms with van der Waals surface area (Å²) in [6.07, 6.45) is 0. The van der Waals surface area contributed by atoms with Crippen LogP contribution < -0.4 is 11.1 Å². The monoisotopic (exact) mass is 328 g/mol. The number of carbonyl (C=O) groups excluding carboxylic acids is 1. The van der Waals surface area contributed by atoms with Crippen molar-refractivity contribution in [2.24, 2.45) is 11.7 Å². The number of ether oxygens (including phenoxy) is 1. The van der Waals surface area contributed by atoms with E-state index in [4.69, 9.17) is 5.73 Å². The van der Waals surface area contributed by atoms with Gasteiger partial charge >= 0.3 is 0 Å². The summed E-state index contributed by atoms with van der Waals surface area (Å²) in [6, 6.07) is 19.5. The zero-order valence-corrected chi connectivity index (χ0v) is 13.6. The highest BCUT2D eigenvalue weighted by molar-refractivity contribution is 5.37. The van der Waals surface area contributed by atoms with E-state index < -0.39 is 5.54 Å². The molecule has 0 radical (unpaired) electrons. The third-order valence-electron chi connectivity index (χ3n) is 4.23. The molecule has 4 N–H and O–H groups in total. The summed E-state index contributed by atoms with van der Waals surface area (Å²) in [5, 5.41) is 12.5. The van der Waals surface area contributed by atoms with Crippen LogP contribution in [0.2, 0.25) is 0 Å². The topological polar surface area (TPSA) is 84.6 Å². The highest BCUT2D eigenvalue weighted by Gasteiger charge is 2.40. The predicted octanol–water partition coefficient (Wildman–Crippen LogP) is 1.41. The first-order valence-electron chi connectivity index (χ1n) is 7.96. The third kappa shape index (κ3) is 4.64. The SMILES string of the molecule is NC1(c2ccccc2)CNCC1CO.O=COCc1ccccc1. The van der Waals surface area contributed by atoms with E-state index in [-0.39, 0.29) is 12.5 Å². The Morgan fingerprint density at radius 2 is 1.79 bits per heavy atom. The van der Waals surface area contributed by atoms with Crippen LogP contribution in [0.25, 0.3) is 0 Å². The summed E-state index contributed by atoms with van der Waals surface area (Å²) in [5.74, 6) is 0.116. The summed E-state index contributed by atoms with van der Waals surface area (Å²) in [7, 11) is 0. The molecule has 2 atom stereocenters. The molecule has 24 heavy (non-hydrogen) atoms. The van der Waals surface area contributed by atoms with Crippen molar-refractivity contribution in [3.05, 3.63) is 71.8 Å². The Balaban J connectivity index is 0.000000185. The zero-order valence-electron chi connectivity index (χ0n) is 13.6. The standard InChI is InChI=1S/C11H16N2O.C8H8O2/c12-11(8-13-6-10(11)7-14)9-4-2-1-3-5-9;9-7-10-6-8-4-2-1-3-5-8/h1-5,10,13-14H,6-8,12H2;1-5,7H,6H2. The van der Waals surface area contributed by atoms with Crippen LogP contribution in [0, 0.1) is 5.92 Å². The number of aliphatic hydroxyl groups is 1. The second-order valence-electron chi connectivity index (χ2n) is 5.81. The van der Waals surface area contributed by atoms with Gasteiger partial charge in [0, 0.05) is 25.6 Å². The molecular formula is C19H24N2O3. The van der Waals surface area contributed by atoms with Crippen molar-refractivity contribution in [3.8, 4) is 0 Å². The molecule has 5 heteroatoms. The Hall–Kier alpha value is -2.21. The number of nitrogens with two attached hydrogens (primary N) is 1. The van der Waals surface area contributed by atoms with Crippen LogP contribution in [0.15, 0.2) is 60.7 Å². The normalized spacial score (nSPS) is 22.3. The van der Waals surface area contributed by atoms with Gasteiger partial charge in [0.05, 0.1) is 5.54 Å². The lowest BCUT2D eigenvalue weighted by Crippen LogP contribution is -2.45. The first-order valence-corrected chi connectivity index (χ1v) is 7.96. The van der Waals surface area contributed by atoms with E-state index in [9.17, 15) is 9.90 Å². The Bertz CT molecular complexity index is 607. The molecule has 0 bridgehead atoms. The number of carbonyl (C=O) groups is 1. The number of rotatable bonds is 5. The van der Waals surface area contributed by atoms with Gasteiger partial charge in [-0.3, -0.25) is 4.79 Å². The molecule has 0 amide bonds. The maximum atomic E-state index is 9.76. The summed E-state index contributed by atoms with van der Waals surface area (Å²) in [4.78, 5) is 9.76. The van der Waals surface area contributed by atoms with Gasteiger partial charge in [0.15, 0.2) is 0 Å². The maximum absolute atomic E-state index is 9.76. The van der Waals surface area contributed by atoms with Crippen molar-refractivity contribution in [2.45, 2.75) is 12.1 Å². The van der Waals surface area contributed by atoms with Crippen molar-refractivity contribution in [2.75, 3.05) is 19.7 Å². The van der Waals surface area contributed by atoms with Crippen LogP contribution in [0.4, 0.5) is 0 Å². The fourth-order valence-corrected chi connectivity index (χ4v) is 2.80. The largest absolute Gasteiger partial charge is 0.463 e. The Morgan fingerprint density at radius 3 is 2.38 bits per heavy atom. The number of hydrogen-bond donors (Lipinski definition) is 3. The lowest BCUT2D eigenvalue weighted by atomic mass is 9.82. The summed E-state index contributed by atoms with van der Waals surface area (Å²) in [5.41, 5.74) is 8.02. The molecule has 0 saturated carbocycles. The number of nitrogens with one attached hydrogen (secondary N) is 1. The predicted molar refractivity (Wildman–Crippen MR) is 93.0 cm³/mol. The van der Waals surface area contributed by atoms with Gasteiger partial charge < -0.3 is 20.9 Å². The van der Waals surface area contributed by atoms with E-state index in [0.717, 1.165) is 24.2 Å². The van der Waals surface area contributed by atoms with Crippen LogP contribution in [0.1, 0.15) is 11.1 Å². The van der Waals surface area contributed by atoms with Gasteiger partial charge in [-0.15, -0.1) is 0 Å². The Kier molecular flexibility index (Phi) is 6.93. The number of hydrogen-bond acceptors (Lipinski definition) is 5. The van der Waals surface area contributed by atoms with Crippen LogP contribution in [0.5, 0.6) is 0 Å². The van der Waals surface area contributed by atoms with Gasteiger partial charge in [-0.25, -0.2) is 0 Å². The van der Waals surface area contributed by atoms with Gasteiger partial charge in [-0.2, -0.15) is 0 Å². The van der Waals surface area contributed by atoms with Crippen molar-refractivity contribution >= 4 is 6.47 Å². The summed E-state index contributed by atoms with van der Waals surface area (Å²) in [6.45, 7) is 2.49. The molecule has 0 spiro atoms. The molecular weight excluding hydrogens is 304 g/mol. The molecule has 0 aliphatic carbocycles. The first-order chi connectivity index (χ1) is 11.7. The minimum atomic E-state index is -0.407. The van der Waals surface area contributed by atoms with Gasteiger partial charge in [-0.05, 0) is 11.1 Å². The van der Waals surface area contributed by atoms with E-state index in [0.29, 0.717) is 13.1 Å². The van der Waals surface area contributed by atoms with E-state index in [2.05, 4.69) is 10.1 Å². The molecule has 2 aromatic carbocycles. The number of benzene rings is 2.